The summed E-state index contributed by atoms with van der Waals surface area (Å²) in [7, 11) is -16.4. The molecular formula is C30H44IN8O17P3S. The molecular weight excluding hydrogens is 996 g/mol. The number of aromatic nitrogens is 4. The maximum absolute atomic E-state index is 12.7. The van der Waals surface area contributed by atoms with Crippen LogP contribution >= 0.6 is 57.8 Å². The highest BCUT2D eigenvalue weighted by molar-refractivity contribution is 14.1. The monoisotopic (exact) mass is 1040 g/mol. The van der Waals surface area contributed by atoms with Gasteiger partial charge in [-0.3, -0.25) is 32.5 Å². The van der Waals surface area contributed by atoms with Gasteiger partial charge in [0.25, 0.3) is 0 Å². The van der Waals surface area contributed by atoms with Crippen LogP contribution in [0.4, 0.5) is 5.82 Å². The Morgan fingerprint density at radius 1 is 1.03 bits per heavy atom. The van der Waals surface area contributed by atoms with Crippen LogP contribution in [0, 0.1) is 8.99 Å². The molecule has 3 heterocycles. The molecule has 0 radical (unpaired) electrons. The second-order valence-corrected chi connectivity index (χ2v) is 20.3. The number of carbonyl (C=O) groups excluding carboxylic acids is 3. The van der Waals surface area contributed by atoms with Gasteiger partial charge in [0.05, 0.1) is 25.6 Å². The summed E-state index contributed by atoms with van der Waals surface area (Å²) in [6.07, 6.45) is -6.62. The van der Waals surface area contributed by atoms with Crippen molar-refractivity contribution in [2.24, 2.45) is 11.1 Å². The van der Waals surface area contributed by atoms with Gasteiger partial charge < -0.3 is 56.6 Å². The fraction of sp³-hybridized carbons (Fsp3) is 0.533. The van der Waals surface area contributed by atoms with Gasteiger partial charge in [0.1, 0.15) is 36.3 Å². The Kier molecular flexibility index (Phi) is 17.7. The van der Waals surface area contributed by atoms with Crippen molar-refractivity contribution in [1.82, 2.24) is 30.2 Å². The Hall–Kier alpha value is -2.53. The number of fused-ring (bicyclic) bond motifs is 1. The zero-order valence-corrected chi connectivity index (χ0v) is 37.3. The molecule has 2 aromatic heterocycles. The summed E-state index contributed by atoms with van der Waals surface area (Å²) >= 11 is 3.14. The molecule has 25 nitrogen and oxygen atoms in total. The molecule has 334 valence electrons. The van der Waals surface area contributed by atoms with Gasteiger partial charge >= 0.3 is 23.5 Å². The van der Waals surface area contributed by atoms with Crippen molar-refractivity contribution in [2.45, 2.75) is 63.4 Å². The van der Waals surface area contributed by atoms with Crippen molar-refractivity contribution < 1.29 is 80.5 Å². The molecule has 3 aromatic rings. The number of hydrogen-bond acceptors (Lipinski definition) is 19. The Bertz CT molecular complexity index is 2130. The number of nitrogens with zero attached hydrogens (tertiary/aromatic N) is 4. The zero-order chi connectivity index (χ0) is 44.6. The van der Waals surface area contributed by atoms with Crippen molar-refractivity contribution in [3.8, 4) is 0 Å². The Labute approximate surface area is 359 Å². The van der Waals surface area contributed by atoms with Gasteiger partial charge in [-0.15, -0.1) is 0 Å². The Balaban J connectivity index is 1.20. The molecule has 0 bridgehead atoms. The van der Waals surface area contributed by atoms with E-state index in [2.05, 4.69) is 57.0 Å². The predicted octanol–water partition coefficient (Wildman–Crippen LogP) is -0.161. The first-order chi connectivity index (χ1) is 27.9. The summed E-state index contributed by atoms with van der Waals surface area (Å²) in [6.45, 7) is 0.374. The molecule has 1 aliphatic rings. The number of aliphatic hydroxyl groups is 2. The number of ether oxygens (including phenoxy) is 1. The lowest BCUT2D eigenvalue weighted by molar-refractivity contribution is -0.137. The highest BCUT2D eigenvalue weighted by Crippen LogP contribution is 2.61. The zero-order valence-electron chi connectivity index (χ0n) is 31.6. The molecule has 1 saturated heterocycles. The molecule has 1 fully saturated rings. The van der Waals surface area contributed by atoms with Gasteiger partial charge in [0, 0.05) is 34.2 Å². The fourth-order valence-corrected chi connectivity index (χ4v) is 9.24. The van der Waals surface area contributed by atoms with E-state index in [9.17, 15) is 57.9 Å². The quantitative estimate of drug-likeness (QED) is 0.0355. The number of nitrogens with one attached hydrogen (secondary N) is 2. The van der Waals surface area contributed by atoms with E-state index in [1.54, 1.807) is 0 Å². The second kappa shape index (κ2) is 21.2. The number of hydrogen-bond donors (Lipinski definition) is 10. The molecule has 0 spiro atoms. The van der Waals surface area contributed by atoms with Gasteiger partial charge in [-0.2, -0.15) is 4.31 Å². The fourth-order valence-electron chi connectivity index (χ4n) is 5.35. The van der Waals surface area contributed by atoms with Crippen LogP contribution in [0.3, 0.4) is 0 Å². The van der Waals surface area contributed by atoms with Crippen LogP contribution in [0.2, 0.25) is 0 Å². The molecule has 1 aliphatic heterocycles. The van der Waals surface area contributed by atoms with Crippen molar-refractivity contribution in [3.63, 3.8) is 0 Å². The highest BCUT2D eigenvalue weighted by atomic mass is 127. The lowest BCUT2D eigenvalue weighted by Gasteiger charge is -2.30. The van der Waals surface area contributed by atoms with E-state index in [1.165, 1.54) is 13.8 Å². The van der Waals surface area contributed by atoms with Crippen molar-refractivity contribution in [2.75, 3.05) is 37.8 Å². The van der Waals surface area contributed by atoms with Crippen molar-refractivity contribution >= 4 is 91.7 Å². The minimum atomic E-state index is -5.58. The number of halogens is 1. The molecule has 1 aromatic carbocycles. The molecule has 8 atom stereocenters. The summed E-state index contributed by atoms with van der Waals surface area (Å²) in [6, 6.07) is 6.88. The normalized spacial score (nSPS) is 21.5. The molecule has 8 unspecified atom stereocenters. The average Bonchev–Trinajstić information content (AvgIpc) is 3.72. The van der Waals surface area contributed by atoms with Gasteiger partial charge in [-0.25, -0.2) is 28.6 Å². The lowest BCUT2D eigenvalue weighted by Crippen LogP contribution is -2.46. The van der Waals surface area contributed by atoms with Crippen LogP contribution in [0.1, 0.15) is 32.1 Å². The maximum atomic E-state index is 12.7. The first kappa shape index (κ1) is 50.1. The summed E-state index contributed by atoms with van der Waals surface area (Å²) in [5, 5.41) is 26.2. The lowest BCUT2D eigenvalue weighted by atomic mass is 9.87. The van der Waals surface area contributed by atoms with E-state index in [0.717, 1.165) is 38.1 Å². The molecule has 30 heteroatoms. The number of aliphatic hydroxyl groups excluding tert-OH is 2. The SMILES string of the molecule is CC(C)(COP(=O)(O)OP(=O)(O)OCC1OC(n2cnc3c(N)ncnc32)C(O)C1OP(=O)(O)O)C(O)C(=O)NCCC(=O)NCCSC(=O)C(N)Cc1ccc(I)cc1. The minimum Gasteiger partial charge on any atom is -0.386 e. The third-order valence-electron chi connectivity index (χ3n) is 8.42. The first-order valence-corrected chi connectivity index (χ1v) is 24.0. The molecule has 2 amide bonds. The van der Waals surface area contributed by atoms with E-state index < -0.39 is 90.6 Å². The number of amides is 2. The van der Waals surface area contributed by atoms with E-state index in [1.807, 2.05) is 24.3 Å². The number of carbonyl (C=O) groups is 3. The summed E-state index contributed by atoms with van der Waals surface area (Å²) < 4.78 is 63.3. The second-order valence-electron chi connectivity index (χ2n) is 13.7. The number of anilines is 1. The maximum Gasteiger partial charge on any atom is 0.481 e. The number of nitrogens with two attached hydrogens (primary N) is 2. The number of rotatable bonds is 22. The summed E-state index contributed by atoms with van der Waals surface area (Å²) in [5.74, 6) is -1.25. The highest BCUT2D eigenvalue weighted by Gasteiger charge is 2.50. The molecule has 60 heavy (non-hydrogen) atoms. The van der Waals surface area contributed by atoms with Crippen LogP contribution in [-0.4, -0.2) is 129 Å². The third-order valence-corrected chi connectivity index (χ3v) is 13.2. The van der Waals surface area contributed by atoms with E-state index in [4.69, 9.17) is 25.3 Å². The van der Waals surface area contributed by atoms with Crippen LogP contribution in [-0.2, 0) is 57.1 Å². The van der Waals surface area contributed by atoms with E-state index in [-0.39, 0.29) is 47.4 Å². The number of nitrogen functional groups attached to an aromatic ring is 1. The Morgan fingerprint density at radius 3 is 2.37 bits per heavy atom. The smallest absolute Gasteiger partial charge is 0.386 e. The molecule has 0 saturated carbocycles. The largest absolute Gasteiger partial charge is 0.481 e. The molecule has 12 N–H and O–H groups in total. The van der Waals surface area contributed by atoms with Crippen LogP contribution in [0.15, 0.2) is 36.9 Å². The average molecular weight is 1040 g/mol. The first-order valence-electron chi connectivity index (χ1n) is 17.4. The van der Waals surface area contributed by atoms with Gasteiger partial charge in [-0.05, 0) is 46.7 Å². The number of thioether (sulfide) groups is 1. The number of benzene rings is 1. The van der Waals surface area contributed by atoms with Gasteiger partial charge in [-0.1, -0.05) is 37.7 Å². The predicted molar refractivity (Wildman–Crippen MR) is 218 cm³/mol. The molecule has 0 aliphatic carbocycles. The topological polar surface area (TPSA) is 390 Å². The minimum absolute atomic E-state index is 0.0267. The van der Waals surface area contributed by atoms with E-state index >= 15 is 0 Å². The third kappa shape index (κ3) is 14.8. The summed E-state index contributed by atoms with van der Waals surface area (Å²) in [5.41, 5.74) is 11.2. The van der Waals surface area contributed by atoms with Crippen molar-refractivity contribution in [1.29, 1.82) is 0 Å². The van der Waals surface area contributed by atoms with Crippen LogP contribution < -0.4 is 22.1 Å². The van der Waals surface area contributed by atoms with Crippen LogP contribution in [0.25, 0.3) is 11.2 Å². The molecule has 4 rings (SSSR count). The number of phosphoric ester groups is 3. The number of phosphoric acid groups is 3. The standard InChI is InChI=1S/C30H44IN8O17P3S/c1-30(2,24(42)27(43)35-8-7-20(40)34-9-10-60-29(44)18(32)11-16-3-5-17(31)6-4-16)13-53-59(50,51)56-58(48,49)52-12-19-23(55-57(45,46)47)22(41)28(54-19)39-15-38-21-25(33)36-14-37-26(21)39/h3-6,14-15,18-19,22-24,28,41-42H,7-13,32H2,1-2H3,(H,34,40)(H,35,43)(H,48,49)(H,50,51)(H2,33,36,37)(H2,45,46,47). The van der Waals surface area contributed by atoms with E-state index in [0.29, 0.717) is 6.42 Å². The van der Waals surface area contributed by atoms with Crippen LogP contribution in [0.5, 0.6) is 0 Å². The van der Waals surface area contributed by atoms with Gasteiger partial charge in [0.2, 0.25) is 16.9 Å². The summed E-state index contributed by atoms with van der Waals surface area (Å²) in [4.78, 5) is 88.2. The van der Waals surface area contributed by atoms with Crippen molar-refractivity contribution in [3.05, 3.63) is 46.1 Å². The Morgan fingerprint density at radius 2 is 1.70 bits per heavy atom. The number of imidazole rings is 1. The van der Waals surface area contributed by atoms with Gasteiger partial charge in [0.15, 0.2) is 17.7 Å².